The van der Waals surface area contributed by atoms with Gasteiger partial charge in [-0.1, -0.05) is 41.9 Å². The van der Waals surface area contributed by atoms with Crippen LogP contribution in [0.15, 0.2) is 54.6 Å². The molecule has 1 aliphatic heterocycles. The van der Waals surface area contributed by atoms with Crippen LogP contribution >= 0.6 is 11.6 Å². The van der Waals surface area contributed by atoms with E-state index in [2.05, 4.69) is 15.5 Å². The van der Waals surface area contributed by atoms with E-state index >= 15 is 0 Å². The molecule has 1 aliphatic rings. The van der Waals surface area contributed by atoms with Crippen LogP contribution in [0.25, 0.3) is 0 Å². The fraction of sp³-hybridized carbons (Fsp3) is 0.300. The number of anilines is 2. The molecule has 1 heterocycles. The molecular weight excluding hydrogens is 350 g/mol. The summed E-state index contributed by atoms with van der Waals surface area (Å²) in [6, 6.07) is 16.7. The second-order valence-electron chi connectivity index (χ2n) is 6.43. The van der Waals surface area contributed by atoms with Gasteiger partial charge in [-0.3, -0.25) is 14.5 Å². The molecule has 136 valence electrons. The van der Waals surface area contributed by atoms with Crippen LogP contribution in [0.1, 0.15) is 12.8 Å². The van der Waals surface area contributed by atoms with Crippen LogP contribution in [-0.2, 0) is 9.59 Å². The van der Waals surface area contributed by atoms with E-state index in [-0.39, 0.29) is 17.7 Å². The number of amides is 2. The van der Waals surface area contributed by atoms with Crippen LogP contribution in [0.4, 0.5) is 11.4 Å². The summed E-state index contributed by atoms with van der Waals surface area (Å²) in [6.45, 7) is 1.75. The van der Waals surface area contributed by atoms with Crippen molar-refractivity contribution in [2.75, 3.05) is 30.3 Å². The van der Waals surface area contributed by atoms with Crippen LogP contribution in [0.5, 0.6) is 0 Å². The minimum absolute atomic E-state index is 0.0157. The second-order valence-corrected chi connectivity index (χ2v) is 6.84. The van der Waals surface area contributed by atoms with Crippen molar-refractivity contribution in [3.8, 4) is 0 Å². The lowest BCUT2D eigenvalue weighted by Gasteiger charge is -2.30. The molecular formula is C20H22ClN3O2. The number of hydrogen-bond donors (Lipinski definition) is 2. The summed E-state index contributed by atoms with van der Waals surface area (Å²) >= 11 is 6.06. The fourth-order valence-electron chi connectivity index (χ4n) is 3.07. The van der Waals surface area contributed by atoms with Crippen molar-refractivity contribution in [3.05, 3.63) is 59.6 Å². The summed E-state index contributed by atoms with van der Waals surface area (Å²) in [5, 5.41) is 6.31. The Morgan fingerprint density at radius 3 is 2.31 bits per heavy atom. The van der Waals surface area contributed by atoms with Gasteiger partial charge < -0.3 is 10.6 Å². The number of para-hydroxylation sites is 2. The third kappa shape index (κ3) is 5.07. The fourth-order valence-corrected chi connectivity index (χ4v) is 3.26. The quantitative estimate of drug-likeness (QED) is 0.843. The number of halogens is 1. The zero-order valence-electron chi connectivity index (χ0n) is 14.5. The van der Waals surface area contributed by atoms with Gasteiger partial charge in [-0.25, -0.2) is 0 Å². The Morgan fingerprint density at radius 1 is 0.962 bits per heavy atom. The molecule has 2 aromatic rings. The van der Waals surface area contributed by atoms with Gasteiger partial charge in [-0.15, -0.1) is 0 Å². The molecule has 0 bridgehead atoms. The molecule has 2 amide bonds. The molecule has 2 aromatic carbocycles. The Kier molecular flexibility index (Phi) is 6.26. The lowest BCUT2D eigenvalue weighted by molar-refractivity contribution is -0.121. The first-order valence-electron chi connectivity index (χ1n) is 8.74. The van der Waals surface area contributed by atoms with Crippen molar-refractivity contribution in [1.29, 1.82) is 0 Å². The third-order valence-electron chi connectivity index (χ3n) is 4.51. The van der Waals surface area contributed by atoms with Crippen molar-refractivity contribution in [2.24, 2.45) is 5.92 Å². The maximum absolute atomic E-state index is 12.4. The summed E-state index contributed by atoms with van der Waals surface area (Å²) in [5.74, 6) is -0.0558. The molecule has 0 unspecified atom stereocenters. The number of nitrogens with one attached hydrogen (secondary N) is 2. The Bertz CT molecular complexity index is 759. The van der Waals surface area contributed by atoms with Crippen molar-refractivity contribution in [2.45, 2.75) is 12.8 Å². The zero-order valence-corrected chi connectivity index (χ0v) is 15.2. The summed E-state index contributed by atoms with van der Waals surface area (Å²) in [5.41, 5.74) is 1.44. The van der Waals surface area contributed by atoms with E-state index in [1.165, 1.54) is 0 Å². The Morgan fingerprint density at radius 2 is 1.62 bits per heavy atom. The lowest BCUT2D eigenvalue weighted by Crippen LogP contribution is -2.41. The van der Waals surface area contributed by atoms with Gasteiger partial charge in [-0.2, -0.15) is 0 Å². The zero-order chi connectivity index (χ0) is 18.4. The van der Waals surface area contributed by atoms with E-state index in [9.17, 15) is 9.59 Å². The molecule has 26 heavy (non-hydrogen) atoms. The van der Waals surface area contributed by atoms with Gasteiger partial charge in [0.05, 0.1) is 17.3 Å². The first-order valence-corrected chi connectivity index (χ1v) is 9.12. The first kappa shape index (κ1) is 18.4. The summed E-state index contributed by atoms with van der Waals surface area (Å²) in [7, 11) is 0. The van der Waals surface area contributed by atoms with E-state index in [4.69, 9.17) is 11.6 Å². The SMILES string of the molecule is O=C(CN1CCC(C(=O)Nc2ccccc2)CC1)Nc1ccccc1Cl. The maximum atomic E-state index is 12.4. The van der Waals surface area contributed by atoms with E-state index in [0.717, 1.165) is 31.6 Å². The van der Waals surface area contributed by atoms with Crippen LogP contribution in [-0.4, -0.2) is 36.3 Å². The van der Waals surface area contributed by atoms with Gasteiger partial charge in [0.1, 0.15) is 0 Å². The van der Waals surface area contributed by atoms with Gasteiger partial charge in [0.15, 0.2) is 0 Å². The Labute approximate surface area is 158 Å². The van der Waals surface area contributed by atoms with Gasteiger partial charge in [0.25, 0.3) is 0 Å². The topological polar surface area (TPSA) is 61.4 Å². The molecule has 3 rings (SSSR count). The molecule has 0 radical (unpaired) electrons. The molecule has 0 aliphatic carbocycles. The Hall–Kier alpha value is -2.37. The predicted molar refractivity (Wildman–Crippen MR) is 104 cm³/mol. The summed E-state index contributed by atoms with van der Waals surface area (Å²) < 4.78 is 0. The number of rotatable bonds is 5. The average Bonchev–Trinajstić information content (AvgIpc) is 2.65. The highest BCUT2D eigenvalue weighted by molar-refractivity contribution is 6.33. The molecule has 0 saturated carbocycles. The van der Waals surface area contributed by atoms with Crippen molar-refractivity contribution in [1.82, 2.24) is 4.90 Å². The largest absolute Gasteiger partial charge is 0.326 e. The van der Waals surface area contributed by atoms with Crippen LogP contribution in [0.2, 0.25) is 5.02 Å². The smallest absolute Gasteiger partial charge is 0.238 e. The molecule has 0 aromatic heterocycles. The van der Waals surface area contributed by atoms with Crippen molar-refractivity contribution in [3.63, 3.8) is 0 Å². The molecule has 0 spiro atoms. The molecule has 1 fully saturated rings. The minimum atomic E-state index is -0.0923. The van der Waals surface area contributed by atoms with Crippen molar-refractivity contribution >= 4 is 34.8 Å². The van der Waals surface area contributed by atoms with Crippen LogP contribution in [0, 0.1) is 5.92 Å². The Balaban J connectivity index is 1.44. The highest BCUT2D eigenvalue weighted by atomic mass is 35.5. The normalized spacial score (nSPS) is 15.4. The first-order chi connectivity index (χ1) is 12.6. The summed E-state index contributed by atoms with van der Waals surface area (Å²) in [6.07, 6.45) is 1.50. The van der Waals surface area contributed by atoms with Gasteiger partial charge in [0.2, 0.25) is 11.8 Å². The lowest BCUT2D eigenvalue weighted by atomic mass is 9.96. The van der Waals surface area contributed by atoms with E-state index in [1.807, 2.05) is 42.5 Å². The van der Waals surface area contributed by atoms with Crippen LogP contribution in [0.3, 0.4) is 0 Å². The number of hydrogen-bond acceptors (Lipinski definition) is 3. The van der Waals surface area contributed by atoms with Crippen molar-refractivity contribution < 1.29 is 9.59 Å². The number of likely N-dealkylation sites (tertiary alicyclic amines) is 1. The van der Waals surface area contributed by atoms with Gasteiger partial charge in [0, 0.05) is 11.6 Å². The van der Waals surface area contributed by atoms with E-state index in [1.54, 1.807) is 12.1 Å². The second kappa shape index (κ2) is 8.83. The minimum Gasteiger partial charge on any atom is -0.326 e. The highest BCUT2D eigenvalue weighted by Crippen LogP contribution is 2.22. The van der Waals surface area contributed by atoms with Crippen LogP contribution < -0.4 is 10.6 Å². The number of carbonyl (C=O) groups is 2. The summed E-state index contributed by atoms with van der Waals surface area (Å²) in [4.78, 5) is 26.6. The molecule has 0 atom stereocenters. The van der Waals surface area contributed by atoms with E-state index < -0.39 is 0 Å². The number of carbonyl (C=O) groups excluding carboxylic acids is 2. The maximum Gasteiger partial charge on any atom is 0.238 e. The van der Waals surface area contributed by atoms with Gasteiger partial charge >= 0.3 is 0 Å². The molecule has 5 nitrogen and oxygen atoms in total. The monoisotopic (exact) mass is 371 g/mol. The molecule has 2 N–H and O–H groups in total. The molecule has 1 saturated heterocycles. The average molecular weight is 372 g/mol. The van der Waals surface area contributed by atoms with Gasteiger partial charge in [-0.05, 0) is 50.2 Å². The third-order valence-corrected chi connectivity index (χ3v) is 4.84. The predicted octanol–water partition coefficient (Wildman–Crippen LogP) is 3.63. The molecule has 6 heteroatoms. The number of nitrogens with zero attached hydrogens (tertiary/aromatic N) is 1. The number of piperidine rings is 1. The standard InChI is InChI=1S/C20H22ClN3O2/c21-17-8-4-5-9-18(17)23-19(25)14-24-12-10-15(11-13-24)20(26)22-16-6-2-1-3-7-16/h1-9,15H,10-14H2,(H,22,26)(H,23,25). The highest BCUT2D eigenvalue weighted by Gasteiger charge is 2.26. The van der Waals surface area contributed by atoms with E-state index in [0.29, 0.717) is 17.3 Å². The number of benzene rings is 2.